The van der Waals surface area contributed by atoms with Gasteiger partial charge in [0.2, 0.25) is 0 Å². The van der Waals surface area contributed by atoms with E-state index >= 15 is 0 Å². The Hall–Kier alpha value is -1.00. The third-order valence-corrected chi connectivity index (χ3v) is 3.01. The molecule has 0 fully saturated rings. The molecular formula is C12H16N2S2. The molecule has 2 nitrogen and oxygen atoms in total. The number of nitrogens with one attached hydrogen (secondary N) is 1. The average molecular weight is 252 g/mol. The van der Waals surface area contributed by atoms with Crippen LogP contribution in [0.15, 0.2) is 30.3 Å². The Balaban J connectivity index is 2.62. The molecule has 1 N–H and O–H groups in total. The lowest BCUT2D eigenvalue weighted by molar-refractivity contribution is 0.464. The highest BCUT2D eigenvalue weighted by Crippen LogP contribution is 2.00. The molecule has 0 radical (unpaired) electrons. The summed E-state index contributed by atoms with van der Waals surface area (Å²) in [5, 5.41) is 3.78. The fourth-order valence-electron chi connectivity index (χ4n) is 1.35. The molecule has 0 aliphatic heterocycles. The molecule has 0 heterocycles. The van der Waals surface area contributed by atoms with Gasteiger partial charge in [-0.05, 0) is 26.1 Å². The quantitative estimate of drug-likeness (QED) is 0.831. The molecule has 0 bridgehead atoms. The van der Waals surface area contributed by atoms with E-state index in [0.717, 1.165) is 18.7 Å². The van der Waals surface area contributed by atoms with Gasteiger partial charge >= 0.3 is 0 Å². The molecule has 1 aromatic carbocycles. The maximum Gasteiger partial charge on any atom is 0.174 e. The first-order chi connectivity index (χ1) is 7.69. The van der Waals surface area contributed by atoms with Gasteiger partial charge in [0.05, 0.1) is 0 Å². The fourth-order valence-corrected chi connectivity index (χ4v) is 2.01. The number of rotatable bonds is 3. The van der Waals surface area contributed by atoms with Gasteiger partial charge in [0, 0.05) is 18.7 Å². The van der Waals surface area contributed by atoms with Gasteiger partial charge in [0.25, 0.3) is 0 Å². The lowest BCUT2D eigenvalue weighted by atomic mass is 10.2. The summed E-state index contributed by atoms with van der Waals surface area (Å²) < 4.78 is 0. The fraction of sp³-hybridized carbons (Fsp3) is 0.333. The third kappa shape index (κ3) is 3.54. The van der Waals surface area contributed by atoms with Gasteiger partial charge in [0.1, 0.15) is 4.99 Å². The average Bonchev–Trinajstić information content (AvgIpc) is 2.31. The molecule has 86 valence electrons. The van der Waals surface area contributed by atoms with Crippen LogP contribution in [0.1, 0.15) is 19.4 Å². The predicted molar refractivity (Wildman–Crippen MR) is 76.8 cm³/mol. The van der Waals surface area contributed by atoms with Gasteiger partial charge in [-0.15, -0.1) is 0 Å². The van der Waals surface area contributed by atoms with Crippen LogP contribution in [0.5, 0.6) is 0 Å². The van der Waals surface area contributed by atoms with Gasteiger partial charge in [-0.2, -0.15) is 0 Å². The van der Waals surface area contributed by atoms with E-state index in [1.54, 1.807) is 0 Å². The van der Waals surface area contributed by atoms with Crippen LogP contribution in [0, 0.1) is 0 Å². The maximum absolute atomic E-state index is 5.29. The second kappa shape index (κ2) is 6.55. The normalized spacial score (nSPS) is 9.62. The van der Waals surface area contributed by atoms with Crippen LogP contribution in [0.4, 0.5) is 0 Å². The van der Waals surface area contributed by atoms with E-state index in [9.17, 15) is 0 Å². The summed E-state index contributed by atoms with van der Waals surface area (Å²) in [5.74, 6) is 0. The first-order valence-electron chi connectivity index (χ1n) is 5.34. The highest BCUT2D eigenvalue weighted by molar-refractivity contribution is 7.82. The van der Waals surface area contributed by atoms with Gasteiger partial charge in [-0.25, -0.2) is 0 Å². The molecule has 0 aromatic heterocycles. The molecule has 0 aliphatic carbocycles. The Morgan fingerprint density at radius 1 is 1.12 bits per heavy atom. The lowest BCUT2D eigenvalue weighted by Gasteiger charge is -2.22. The minimum Gasteiger partial charge on any atom is -0.350 e. The van der Waals surface area contributed by atoms with Crippen molar-refractivity contribution in [2.45, 2.75) is 13.8 Å². The number of benzene rings is 1. The lowest BCUT2D eigenvalue weighted by Crippen LogP contribution is -2.42. The van der Waals surface area contributed by atoms with Crippen molar-refractivity contribution in [2.75, 3.05) is 13.1 Å². The van der Waals surface area contributed by atoms with Crippen LogP contribution in [-0.2, 0) is 0 Å². The molecule has 0 atom stereocenters. The SMILES string of the molecule is CCN(CC)C(=S)NC(=S)c1ccccc1. The Morgan fingerprint density at radius 3 is 2.19 bits per heavy atom. The van der Waals surface area contributed by atoms with Crippen molar-refractivity contribution in [3.63, 3.8) is 0 Å². The standard InChI is InChI=1S/C12H16N2S2/c1-3-14(4-2)12(16)13-11(15)10-8-6-5-7-9-10/h5-9H,3-4H2,1-2H3,(H,13,15,16). The molecule has 0 aliphatic rings. The van der Waals surface area contributed by atoms with Crippen LogP contribution < -0.4 is 5.32 Å². The zero-order valence-corrected chi connectivity index (χ0v) is 11.2. The van der Waals surface area contributed by atoms with E-state index in [2.05, 4.69) is 24.1 Å². The second-order valence-electron chi connectivity index (χ2n) is 3.30. The van der Waals surface area contributed by atoms with Gasteiger partial charge in [-0.1, -0.05) is 42.5 Å². The summed E-state index contributed by atoms with van der Waals surface area (Å²) in [4.78, 5) is 2.74. The molecule has 0 saturated carbocycles. The first kappa shape index (κ1) is 13.1. The number of thiocarbonyl (C=S) groups is 2. The largest absolute Gasteiger partial charge is 0.350 e. The molecular weight excluding hydrogens is 236 g/mol. The smallest absolute Gasteiger partial charge is 0.174 e. The monoisotopic (exact) mass is 252 g/mol. The van der Waals surface area contributed by atoms with Crippen LogP contribution in [0.2, 0.25) is 0 Å². The van der Waals surface area contributed by atoms with Gasteiger partial charge in [0.15, 0.2) is 5.11 Å². The van der Waals surface area contributed by atoms with E-state index < -0.39 is 0 Å². The Kier molecular flexibility index (Phi) is 5.35. The van der Waals surface area contributed by atoms with Gasteiger partial charge < -0.3 is 10.2 Å². The van der Waals surface area contributed by atoms with Crippen molar-refractivity contribution in [2.24, 2.45) is 0 Å². The van der Waals surface area contributed by atoms with Crippen LogP contribution in [0.3, 0.4) is 0 Å². The minimum absolute atomic E-state index is 0.678. The van der Waals surface area contributed by atoms with E-state index in [1.807, 2.05) is 30.3 Å². The Labute approximate surface area is 108 Å². The molecule has 4 heteroatoms. The van der Waals surface area contributed by atoms with Crippen molar-refractivity contribution >= 4 is 34.5 Å². The topological polar surface area (TPSA) is 15.3 Å². The molecule has 0 spiro atoms. The molecule has 16 heavy (non-hydrogen) atoms. The van der Waals surface area contributed by atoms with Crippen molar-refractivity contribution in [1.82, 2.24) is 10.2 Å². The van der Waals surface area contributed by atoms with E-state index in [4.69, 9.17) is 24.4 Å². The highest BCUT2D eigenvalue weighted by atomic mass is 32.1. The number of nitrogens with zero attached hydrogens (tertiary/aromatic N) is 1. The van der Waals surface area contributed by atoms with Crippen LogP contribution in [0.25, 0.3) is 0 Å². The van der Waals surface area contributed by atoms with Crippen molar-refractivity contribution in [1.29, 1.82) is 0 Å². The van der Waals surface area contributed by atoms with Gasteiger partial charge in [-0.3, -0.25) is 0 Å². The summed E-state index contributed by atoms with van der Waals surface area (Å²) in [5.41, 5.74) is 0.993. The maximum atomic E-state index is 5.29. The van der Waals surface area contributed by atoms with Crippen LogP contribution in [-0.4, -0.2) is 28.1 Å². The predicted octanol–water partition coefficient (Wildman–Crippen LogP) is 2.58. The van der Waals surface area contributed by atoms with Crippen molar-refractivity contribution in [3.05, 3.63) is 35.9 Å². The summed E-state index contributed by atoms with van der Waals surface area (Å²) in [6, 6.07) is 9.84. The number of hydrogen-bond acceptors (Lipinski definition) is 2. The van der Waals surface area contributed by atoms with Crippen molar-refractivity contribution in [3.8, 4) is 0 Å². The second-order valence-corrected chi connectivity index (χ2v) is 4.09. The summed E-state index contributed by atoms with van der Waals surface area (Å²) in [6.45, 7) is 5.92. The summed E-state index contributed by atoms with van der Waals surface area (Å²) in [6.07, 6.45) is 0. The summed E-state index contributed by atoms with van der Waals surface area (Å²) >= 11 is 10.6. The van der Waals surface area contributed by atoms with E-state index in [-0.39, 0.29) is 0 Å². The minimum atomic E-state index is 0.678. The Bertz CT molecular complexity index is 359. The first-order valence-corrected chi connectivity index (χ1v) is 6.16. The molecule has 0 unspecified atom stereocenters. The molecule has 1 rings (SSSR count). The van der Waals surface area contributed by atoms with E-state index in [1.165, 1.54) is 0 Å². The third-order valence-electron chi connectivity index (χ3n) is 2.31. The van der Waals surface area contributed by atoms with Crippen molar-refractivity contribution < 1.29 is 0 Å². The number of hydrogen-bond donors (Lipinski definition) is 1. The van der Waals surface area contributed by atoms with E-state index in [0.29, 0.717) is 10.1 Å². The zero-order valence-electron chi connectivity index (χ0n) is 9.56. The zero-order chi connectivity index (χ0) is 12.0. The summed E-state index contributed by atoms with van der Waals surface area (Å²) in [7, 11) is 0. The molecule has 0 amide bonds. The van der Waals surface area contributed by atoms with Crippen LogP contribution >= 0.6 is 24.4 Å². The Morgan fingerprint density at radius 2 is 1.69 bits per heavy atom. The highest BCUT2D eigenvalue weighted by Gasteiger charge is 2.07. The molecule has 1 aromatic rings. The molecule has 0 saturated heterocycles.